The maximum Gasteiger partial charge on any atom is 0.241 e. The van der Waals surface area contributed by atoms with Crippen molar-refractivity contribution in [2.45, 2.75) is 30.2 Å². The van der Waals surface area contributed by atoms with Gasteiger partial charge in [0.2, 0.25) is 10.0 Å². The van der Waals surface area contributed by atoms with Crippen molar-refractivity contribution in [2.24, 2.45) is 0 Å². The molecule has 1 fully saturated rings. The Bertz CT molecular complexity index is 624. The lowest BCUT2D eigenvalue weighted by molar-refractivity contribution is 0.297. The second-order valence-electron chi connectivity index (χ2n) is 5.75. The van der Waals surface area contributed by atoms with Crippen LogP contribution in [0.3, 0.4) is 0 Å². The molecule has 0 bridgehead atoms. The molecule has 7 heteroatoms. The average molecular weight is 312 g/mol. The minimum Gasteiger partial charge on any atom is -0.490 e. The van der Waals surface area contributed by atoms with Crippen LogP contribution in [0.25, 0.3) is 0 Å². The summed E-state index contributed by atoms with van der Waals surface area (Å²) < 4.78 is 38.9. The van der Waals surface area contributed by atoms with Crippen molar-refractivity contribution >= 4 is 10.0 Å². The van der Waals surface area contributed by atoms with Gasteiger partial charge >= 0.3 is 0 Å². The van der Waals surface area contributed by atoms with Crippen LogP contribution in [0.5, 0.6) is 11.5 Å². The van der Waals surface area contributed by atoms with Crippen molar-refractivity contribution in [1.82, 2.24) is 10.0 Å². The summed E-state index contributed by atoms with van der Waals surface area (Å²) in [7, 11) is -3.57. The molecular weight excluding hydrogens is 292 g/mol. The third-order valence-corrected chi connectivity index (χ3v) is 5.41. The molecule has 0 aromatic heterocycles. The van der Waals surface area contributed by atoms with Crippen LogP contribution in [0.2, 0.25) is 0 Å². The first kappa shape index (κ1) is 14.6. The lowest BCUT2D eigenvalue weighted by Gasteiger charge is -2.24. The van der Waals surface area contributed by atoms with Crippen molar-refractivity contribution in [3.05, 3.63) is 18.2 Å². The second kappa shape index (κ2) is 5.47. The minimum atomic E-state index is -3.57. The first-order valence-electron chi connectivity index (χ1n) is 7.13. The second-order valence-corrected chi connectivity index (χ2v) is 7.43. The van der Waals surface area contributed by atoms with Crippen LogP contribution < -0.4 is 19.5 Å². The molecule has 2 heterocycles. The van der Waals surface area contributed by atoms with Gasteiger partial charge < -0.3 is 14.8 Å². The van der Waals surface area contributed by atoms with Gasteiger partial charge in [-0.1, -0.05) is 0 Å². The molecule has 1 unspecified atom stereocenters. The fraction of sp³-hybridized carbons (Fsp3) is 0.571. The molecule has 2 aliphatic rings. The maximum atomic E-state index is 12.5. The van der Waals surface area contributed by atoms with E-state index in [-0.39, 0.29) is 4.90 Å². The highest BCUT2D eigenvalue weighted by atomic mass is 32.2. The van der Waals surface area contributed by atoms with Crippen molar-refractivity contribution < 1.29 is 17.9 Å². The third kappa shape index (κ3) is 3.14. The van der Waals surface area contributed by atoms with Gasteiger partial charge in [0.05, 0.1) is 18.1 Å². The van der Waals surface area contributed by atoms with Gasteiger partial charge in [-0.3, -0.25) is 0 Å². The third-order valence-electron chi connectivity index (χ3n) is 3.78. The summed E-state index contributed by atoms with van der Waals surface area (Å²) in [5.74, 6) is 1.09. The van der Waals surface area contributed by atoms with Crippen LogP contribution in [-0.4, -0.2) is 40.3 Å². The number of fused-ring (bicyclic) bond motifs is 1. The molecule has 2 N–H and O–H groups in total. The monoisotopic (exact) mass is 312 g/mol. The molecule has 6 nitrogen and oxygen atoms in total. The first-order chi connectivity index (χ1) is 9.99. The summed E-state index contributed by atoms with van der Waals surface area (Å²) in [5, 5.41) is 3.17. The van der Waals surface area contributed by atoms with Crippen LogP contribution >= 0.6 is 0 Å². The first-order valence-corrected chi connectivity index (χ1v) is 8.61. The van der Waals surface area contributed by atoms with E-state index in [0.29, 0.717) is 31.3 Å². The van der Waals surface area contributed by atoms with E-state index in [1.54, 1.807) is 12.1 Å². The topological polar surface area (TPSA) is 76.7 Å². The van der Waals surface area contributed by atoms with E-state index in [4.69, 9.17) is 9.47 Å². The molecule has 1 saturated heterocycles. The number of benzene rings is 1. The number of ether oxygens (including phenoxy) is 2. The smallest absolute Gasteiger partial charge is 0.241 e. The van der Waals surface area contributed by atoms with Crippen LogP contribution in [0, 0.1) is 0 Å². The van der Waals surface area contributed by atoms with Crippen LogP contribution in [-0.2, 0) is 10.0 Å². The molecule has 0 amide bonds. The summed E-state index contributed by atoms with van der Waals surface area (Å²) in [4.78, 5) is 0.208. The zero-order chi connectivity index (χ0) is 14.9. The van der Waals surface area contributed by atoms with E-state index in [1.807, 2.05) is 6.92 Å². The molecule has 116 valence electrons. The standard InChI is InChI=1S/C14H20N2O4S/c1-14(5-6-15-10-14)16-21(17,18)11-3-4-12-13(9-11)20-8-2-7-19-12/h3-4,9,15-16H,2,5-8,10H2,1H3. The summed E-state index contributed by atoms with van der Waals surface area (Å²) in [6.45, 7) is 4.48. The van der Waals surface area contributed by atoms with Crippen molar-refractivity contribution in [2.75, 3.05) is 26.3 Å². The lowest BCUT2D eigenvalue weighted by Crippen LogP contribution is -2.47. The predicted molar refractivity (Wildman–Crippen MR) is 78.3 cm³/mol. The van der Waals surface area contributed by atoms with Crippen molar-refractivity contribution in [3.63, 3.8) is 0 Å². The Morgan fingerprint density at radius 1 is 1.24 bits per heavy atom. The number of hydrogen-bond donors (Lipinski definition) is 2. The molecule has 2 aliphatic heterocycles. The van der Waals surface area contributed by atoms with Gasteiger partial charge in [-0.2, -0.15) is 0 Å². The molecule has 0 radical (unpaired) electrons. The summed E-state index contributed by atoms with van der Waals surface area (Å²) in [6.07, 6.45) is 1.57. The lowest BCUT2D eigenvalue weighted by atomic mass is 10.0. The Morgan fingerprint density at radius 3 is 2.71 bits per heavy atom. The predicted octanol–water partition coefficient (Wildman–Crippen LogP) is 0.878. The van der Waals surface area contributed by atoms with E-state index in [2.05, 4.69) is 10.0 Å². The van der Waals surface area contributed by atoms with E-state index in [1.165, 1.54) is 6.07 Å². The molecule has 1 aromatic carbocycles. The largest absolute Gasteiger partial charge is 0.490 e. The zero-order valence-corrected chi connectivity index (χ0v) is 12.8. The van der Waals surface area contributed by atoms with E-state index in [9.17, 15) is 8.42 Å². The highest BCUT2D eigenvalue weighted by Crippen LogP contribution is 2.32. The minimum absolute atomic E-state index is 0.208. The highest BCUT2D eigenvalue weighted by molar-refractivity contribution is 7.89. The van der Waals surface area contributed by atoms with Crippen molar-refractivity contribution in [3.8, 4) is 11.5 Å². The summed E-state index contributed by atoms with van der Waals surface area (Å²) in [5.41, 5.74) is -0.441. The Kier molecular flexibility index (Phi) is 3.81. The normalized spacial score (nSPS) is 25.6. The van der Waals surface area contributed by atoms with Gasteiger partial charge in [-0.25, -0.2) is 13.1 Å². The zero-order valence-electron chi connectivity index (χ0n) is 12.0. The van der Waals surface area contributed by atoms with Crippen LogP contribution in [0.1, 0.15) is 19.8 Å². The summed E-state index contributed by atoms with van der Waals surface area (Å²) >= 11 is 0. The van der Waals surface area contributed by atoms with E-state index < -0.39 is 15.6 Å². The Labute approximate surface area is 124 Å². The Morgan fingerprint density at radius 2 is 2.00 bits per heavy atom. The van der Waals surface area contributed by atoms with Gasteiger partial charge in [0, 0.05) is 24.6 Å². The molecule has 0 aliphatic carbocycles. The van der Waals surface area contributed by atoms with Crippen molar-refractivity contribution in [1.29, 1.82) is 0 Å². The van der Waals surface area contributed by atoms with Crippen LogP contribution in [0.4, 0.5) is 0 Å². The number of hydrogen-bond acceptors (Lipinski definition) is 5. The highest BCUT2D eigenvalue weighted by Gasteiger charge is 2.33. The van der Waals surface area contributed by atoms with Gasteiger partial charge in [0.25, 0.3) is 0 Å². The maximum absolute atomic E-state index is 12.5. The van der Waals surface area contributed by atoms with Crippen LogP contribution in [0.15, 0.2) is 23.1 Å². The molecule has 0 spiro atoms. The van der Waals surface area contributed by atoms with Gasteiger partial charge in [-0.05, 0) is 32.0 Å². The molecule has 21 heavy (non-hydrogen) atoms. The number of nitrogens with one attached hydrogen (secondary N) is 2. The SMILES string of the molecule is CC1(NS(=O)(=O)c2ccc3c(c2)OCCCO3)CCNC1. The summed E-state index contributed by atoms with van der Waals surface area (Å²) in [6, 6.07) is 4.75. The molecular formula is C14H20N2O4S. The van der Waals surface area contributed by atoms with E-state index in [0.717, 1.165) is 19.4 Å². The van der Waals surface area contributed by atoms with E-state index >= 15 is 0 Å². The molecule has 1 aromatic rings. The Hall–Kier alpha value is -1.31. The van der Waals surface area contributed by atoms with Gasteiger partial charge in [0.1, 0.15) is 0 Å². The molecule has 3 rings (SSSR count). The van der Waals surface area contributed by atoms with Gasteiger partial charge in [0.15, 0.2) is 11.5 Å². The number of sulfonamides is 1. The quantitative estimate of drug-likeness (QED) is 0.866. The number of rotatable bonds is 3. The average Bonchev–Trinajstić information content (AvgIpc) is 2.72. The Balaban J connectivity index is 1.87. The van der Waals surface area contributed by atoms with Gasteiger partial charge in [-0.15, -0.1) is 0 Å². The fourth-order valence-corrected chi connectivity index (χ4v) is 4.05. The molecule has 1 atom stereocenters. The molecule has 0 saturated carbocycles. The fourth-order valence-electron chi connectivity index (χ4n) is 2.60.